The van der Waals surface area contributed by atoms with Crippen LogP contribution in [0.2, 0.25) is 0 Å². The molecule has 7 heterocycles. The van der Waals surface area contributed by atoms with Gasteiger partial charge in [0.15, 0.2) is 11.6 Å². The fourth-order valence-corrected chi connectivity index (χ4v) is 12.3. The molecule has 3 aliphatic heterocycles. The zero-order valence-electron chi connectivity index (χ0n) is 44.6. The molecule has 2 fully saturated rings. The molecule has 2 unspecified atom stereocenters. The molecule has 5 atom stereocenters. The molecule has 0 bridgehead atoms. The first kappa shape index (κ1) is 53.6. The smallest absolute Gasteiger partial charge is 0.306 e. The Morgan fingerprint density at radius 3 is 2.32 bits per heavy atom. The molecule has 4 amide bonds. The van der Waals surface area contributed by atoms with Crippen molar-refractivity contribution in [3.63, 3.8) is 0 Å². The van der Waals surface area contributed by atoms with E-state index >= 15 is 0 Å². The number of β-amino-alcohol motifs (C(OH)–C–C–N with tert-alkyl or cyclic N) is 1. The van der Waals surface area contributed by atoms with Crippen molar-refractivity contribution in [2.24, 2.45) is 16.3 Å². The number of hydrogen-bond acceptors (Lipinski definition) is 15. The van der Waals surface area contributed by atoms with Gasteiger partial charge in [-0.15, -0.1) is 32.9 Å². The second-order valence-electron chi connectivity index (χ2n) is 21.4. The van der Waals surface area contributed by atoms with Crippen molar-refractivity contribution in [3.05, 3.63) is 129 Å². The molecule has 19 nitrogen and oxygen atoms in total. The first-order valence-electron chi connectivity index (χ1n) is 25.9. The number of aliphatic imine (C=N–C) groups is 1. The van der Waals surface area contributed by atoms with Gasteiger partial charge in [0.05, 0.1) is 52.8 Å². The van der Waals surface area contributed by atoms with E-state index in [1.165, 1.54) is 4.90 Å². The van der Waals surface area contributed by atoms with Gasteiger partial charge in [-0.25, -0.2) is 4.98 Å². The number of carbonyl (C=O) groups is 5. The standard InChI is InChI=1S/C57H62N10O9S2/c1-29-32(4)78-56-47(29)48(61-42(24-46(69)70)51-64-63-33(5)67(51)56)35-13-15-39(16-14-35)65-25-38(26-65)52(71)58-19-20-75-41-17-18-44-37(21-41)22-45(76-44)54(73)62-50(57(6,7)8)55(74)66-27-40(68)23-43(66)53(72)60-30(2)34-9-11-36(12-10-34)49-31(3)59-28-77-49/h9-18,21-22,28,30,38,40,42-43,50,68H,19-20,23-27H2,1-8H3,(H,58,71)(H,60,72)(H,62,73)(H,69,70)/t30?,40-,42+,43+,50?/m1/s1. The molecular weight excluding hydrogens is 1030 g/mol. The Morgan fingerprint density at radius 1 is 0.897 bits per heavy atom. The lowest BCUT2D eigenvalue weighted by Gasteiger charge is -2.40. The topological polar surface area (TPSA) is 247 Å². The number of carbonyl (C=O) groups excluding carboxylic acids is 4. The minimum Gasteiger partial charge on any atom is -0.492 e. The molecule has 0 radical (unpaired) electrons. The Morgan fingerprint density at radius 2 is 1.63 bits per heavy atom. The maximum absolute atomic E-state index is 14.3. The number of aryl methyl sites for hydroxylation is 3. The minimum atomic E-state index is -1.07. The first-order valence-corrected chi connectivity index (χ1v) is 27.6. The van der Waals surface area contributed by atoms with Gasteiger partial charge >= 0.3 is 5.97 Å². The molecule has 5 N–H and O–H groups in total. The maximum Gasteiger partial charge on any atom is 0.306 e. The highest BCUT2D eigenvalue weighted by atomic mass is 32.1. The summed E-state index contributed by atoms with van der Waals surface area (Å²) < 4.78 is 13.9. The number of likely N-dealkylation sites (tertiary alicyclic amines) is 1. The van der Waals surface area contributed by atoms with Gasteiger partial charge in [-0.3, -0.25) is 33.5 Å². The van der Waals surface area contributed by atoms with Crippen LogP contribution in [0.5, 0.6) is 5.75 Å². The summed E-state index contributed by atoms with van der Waals surface area (Å²) in [6, 6.07) is 19.4. The normalized spacial score (nSPS) is 18.1. The average Bonchev–Trinajstić information content (AvgIpc) is 4.32. The first-order chi connectivity index (χ1) is 37.2. The number of furan rings is 1. The van der Waals surface area contributed by atoms with Crippen LogP contribution in [-0.2, 0) is 19.2 Å². The van der Waals surface area contributed by atoms with E-state index in [-0.39, 0.29) is 56.2 Å². The van der Waals surface area contributed by atoms with Crippen molar-refractivity contribution in [1.82, 2.24) is 40.6 Å². The van der Waals surface area contributed by atoms with Crippen LogP contribution in [0.4, 0.5) is 5.69 Å². The van der Waals surface area contributed by atoms with Gasteiger partial charge in [-0.1, -0.05) is 57.2 Å². The van der Waals surface area contributed by atoms with Crippen LogP contribution in [0, 0.1) is 39.0 Å². The van der Waals surface area contributed by atoms with E-state index in [4.69, 9.17) is 14.1 Å². The molecule has 4 aromatic heterocycles. The number of aliphatic hydroxyl groups is 1. The van der Waals surface area contributed by atoms with E-state index in [0.29, 0.717) is 47.2 Å². The predicted octanol–water partition coefficient (Wildman–Crippen LogP) is 7.41. The Labute approximate surface area is 458 Å². The quantitative estimate of drug-likeness (QED) is 0.0593. The lowest BCUT2D eigenvalue weighted by molar-refractivity contribution is -0.142. The summed E-state index contributed by atoms with van der Waals surface area (Å²) in [5.41, 5.74) is 8.84. The van der Waals surface area contributed by atoms with Gasteiger partial charge in [0.2, 0.25) is 17.7 Å². The van der Waals surface area contributed by atoms with Crippen LogP contribution in [0.1, 0.15) is 108 Å². The van der Waals surface area contributed by atoms with Crippen molar-refractivity contribution in [3.8, 4) is 21.2 Å². The Balaban J connectivity index is 0.707. The number of carboxylic acid groups (broad SMARTS) is 1. The molecular formula is C57H62N10O9S2. The summed E-state index contributed by atoms with van der Waals surface area (Å²) in [6.07, 6.45) is -1.09. The van der Waals surface area contributed by atoms with Gasteiger partial charge in [-0.2, -0.15) is 0 Å². The number of hydrogen-bond donors (Lipinski definition) is 5. The molecule has 0 spiro atoms. The van der Waals surface area contributed by atoms with Gasteiger partial charge in [0.1, 0.15) is 46.9 Å². The second kappa shape index (κ2) is 21.6. The molecule has 406 valence electrons. The van der Waals surface area contributed by atoms with Crippen molar-refractivity contribution >= 4 is 74.6 Å². The van der Waals surface area contributed by atoms with Crippen LogP contribution in [0.15, 0.2) is 87.7 Å². The molecule has 0 saturated carbocycles. The molecule has 0 aliphatic carbocycles. The van der Waals surface area contributed by atoms with E-state index < -0.39 is 53.3 Å². The number of fused-ring (bicyclic) bond motifs is 4. The Hall–Kier alpha value is -7.75. The third kappa shape index (κ3) is 10.8. The number of carboxylic acids is 1. The highest BCUT2D eigenvalue weighted by molar-refractivity contribution is 7.15. The van der Waals surface area contributed by atoms with E-state index in [2.05, 4.69) is 49.9 Å². The van der Waals surface area contributed by atoms with Crippen molar-refractivity contribution in [2.45, 2.75) is 98.5 Å². The Kier molecular flexibility index (Phi) is 14.8. The fraction of sp³-hybridized carbons (Fsp3) is 0.386. The lowest BCUT2D eigenvalue weighted by atomic mass is 9.85. The number of thiazole rings is 1. The van der Waals surface area contributed by atoms with Crippen LogP contribution in [-0.4, -0.2) is 121 Å². The zero-order chi connectivity index (χ0) is 55.3. The largest absolute Gasteiger partial charge is 0.492 e. The van der Waals surface area contributed by atoms with Gasteiger partial charge in [-0.05, 0) is 93.1 Å². The summed E-state index contributed by atoms with van der Waals surface area (Å²) in [7, 11) is 0. The monoisotopic (exact) mass is 1090 g/mol. The van der Waals surface area contributed by atoms with Crippen molar-refractivity contribution in [1.29, 1.82) is 0 Å². The van der Waals surface area contributed by atoms with Gasteiger partial charge < -0.3 is 45.1 Å². The van der Waals surface area contributed by atoms with E-state index in [1.54, 1.807) is 46.9 Å². The second-order valence-corrected chi connectivity index (χ2v) is 23.4. The number of nitrogens with zero attached hydrogens (tertiary/aromatic N) is 7. The number of thiophene rings is 1. The fourth-order valence-electron chi connectivity index (χ4n) is 10.3. The lowest BCUT2D eigenvalue weighted by Crippen LogP contribution is -2.57. The number of rotatable bonds is 16. The number of nitrogens with one attached hydrogen (secondary N) is 3. The van der Waals surface area contributed by atoms with E-state index in [1.807, 2.05) is 100 Å². The number of benzene rings is 3. The highest BCUT2D eigenvalue weighted by Gasteiger charge is 2.45. The van der Waals surface area contributed by atoms with Crippen LogP contribution in [0.3, 0.4) is 0 Å². The number of aromatic nitrogens is 4. The molecule has 78 heavy (non-hydrogen) atoms. The van der Waals surface area contributed by atoms with Crippen molar-refractivity contribution < 1.29 is 43.3 Å². The number of aliphatic carboxylic acids is 1. The maximum atomic E-state index is 14.3. The van der Waals surface area contributed by atoms with E-state index in [9.17, 15) is 34.2 Å². The number of ether oxygens (including phenoxy) is 1. The molecule has 3 aromatic carbocycles. The molecule has 10 rings (SSSR count). The zero-order valence-corrected chi connectivity index (χ0v) is 46.3. The summed E-state index contributed by atoms with van der Waals surface area (Å²) >= 11 is 3.18. The summed E-state index contributed by atoms with van der Waals surface area (Å²) in [4.78, 5) is 82.2. The summed E-state index contributed by atoms with van der Waals surface area (Å²) in [6.45, 7) is 16.7. The summed E-state index contributed by atoms with van der Waals surface area (Å²) in [5.74, 6) is -1.12. The van der Waals surface area contributed by atoms with E-state index in [0.717, 1.165) is 54.0 Å². The average molecular weight is 1100 g/mol. The van der Waals surface area contributed by atoms with Crippen LogP contribution >= 0.6 is 22.7 Å². The third-order valence-electron chi connectivity index (χ3n) is 14.8. The van der Waals surface area contributed by atoms with Crippen LogP contribution in [0.25, 0.3) is 26.4 Å². The number of anilines is 1. The van der Waals surface area contributed by atoms with Gasteiger partial charge in [0.25, 0.3) is 5.91 Å². The molecule has 21 heteroatoms. The minimum absolute atomic E-state index is 0.0210. The van der Waals surface area contributed by atoms with Crippen LogP contribution < -0.4 is 25.6 Å². The highest BCUT2D eigenvalue weighted by Crippen LogP contribution is 2.40. The van der Waals surface area contributed by atoms with Gasteiger partial charge in [0, 0.05) is 53.1 Å². The number of amides is 4. The number of aliphatic hydroxyl groups excluding tert-OH is 1. The van der Waals surface area contributed by atoms with Crippen molar-refractivity contribution in [2.75, 3.05) is 37.7 Å². The third-order valence-corrected chi connectivity index (χ3v) is 16.9. The molecule has 2 saturated heterocycles. The predicted molar refractivity (Wildman–Crippen MR) is 297 cm³/mol. The summed E-state index contributed by atoms with van der Waals surface area (Å²) in [5, 5.41) is 39.6. The SMILES string of the molecule is Cc1ncsc1-c1ccc(C(C)NC(=O)[C@@H]2C[C@@H](O)CN2C(=O)C(NC(=O)c2cc3cc(OCCNC(=O)C4CN(c5ccc(C6=N[C@@H](CC(=O)O)c7nnc(C)n7-c7sc(C)c(C)c76)cc5)C4)ccc3o2)C(C)(C)C)cc1. The molecule has 7 aromatic rings. The molecule has 3 aliphatic rings. The Bertz CT molecular complexity index is 3480.